The minimum absolute atomic E-state index is 0.404. The van der Waals surface area contributed by atoms with Crippen LogP contribution in [0.3, 0.4) is 0 Å². The van der Waals surface area contributed by atoms with Gasteiger partial charge in [-0.05, 0) is 24.4 Å². The quantitative estimate of drug-likeness (QED) is 0.758. The maximum atomic E-state index is 5.67. The highest BCUT2D eigenvalue weighted by atomic mass is 14.9. The van der Waals surface area contributed by atoms with Crippen LogP contribution >= 0.6 is 0 Å². The van der Waals surface area contributed by atoms with Crippen LogP contribution in [0.2, 0.25) is 0 Å². The minimum atomic E-state index is 0.404. The van der Waals surface area contributed by atoms with Crippen molar-refractivity contribution in [3.63, 3.8) is 0 Å². The Kier molecular flexibility index (Phi) is 2.93. The Morgan fingerprint density at radius 3 is 2.79 bits per heavy atom. The number of benzene rings is 1. The molecule has 3 aromatic rings. The molecule has 0 saturated carbocycles. The van der Waals surface area contributed by atoms with Crippen LogP contribution in [0.25, 0.3) is 22.3 Å². The fourth-order valence-corrected chi connectivity index (χ4v) is 2.14. The maximum Gasteiger partial charge on any atom is 0.179 e. The molecule has 0 aliphatic carbocycles. The predicted octanol–water partition coefficient (Wildman–Crippen LogP) is 2.46. The number of nitrogens with zero attached hydrogens (tertiary/aromatic N) is 3. The third-order valence-electron chi connectivity index (χ3n) is 3.00. The highest BCUT2D eigenvalue weighted by Crippen LogP contribution is 2.23. The third kappa shape index (κ3) is 2.18. The third-order valence-corrected chi connectivity index (χ3v) is 3.00. The van der Waals surface area contributed by atoms with E-state index in [1.165, 1.54) is 0 Å². The Bertz CT molecular complexity index is 732. The lowest BCUT2D eigenvalue weighted by Gasteiger charge is -2.06. The molecule has 2 aromatic heterocycles. The Morgan fingerprint density at radius 2 is 1.95 bits per heavy atom. The monoisotopic (exact) mass is 250 g/mol. The lowest BCUT2D eigenvalue weighted by Crippen LogP contribution is -2.04. The summed E-state index contributed by atoms with van der Waals surface area (Å²) in [6.07, 6.45) is 1.78. The van der Waals surface area contributed by atoms with Gasteiger partial charge in [0.15, 0.2) is 5.82 Å². The summed E-state index contributed by atoms with van der Waals surface area (Å²) in [5, 5.41) is 2.19. The van der Waals surface area contributed by atoms with Crippen molar-refractivity contribution in [2.75, 3.05) is 0 Å². The van der Waals surface area contributed by atoms with E-state index in [1.54, 1.807) is 6.20 Å². The van der Waals surface area contributed by atoms with Gasteiger partial charge in [-0.15, -0.1) is 0 Å². The summed E-state index contributed by atoms with van der Waals surface area (Å²) < 4.78 is 0. The molecule has 0 bridgehead atoms. The second-order valence-electron chi connectivity index (χ2n) is 4.41. The van der Waals surface area contributed by atoms with E-state index in [2.05, 4.69) is 21.0 Å². The van der Waals surface area contributed by atoms with Gasteiger partial charge in [0.05, 0.1) is 5.69 Å². The largest absolute Gasteiger partial charge is 0.325 e. The van der Waals surface area contributed by atoms with Crippen molar-refractivity contribution >= 4 is 10.8 Å². The SMILES string of the molecule is Cc1cc(CN)nc(-c2nccc3ccccc23)n1. The summed E-state index contributed by atoms with van der Waals surface area (Å²) in [6, 6.07) is 12.0. The van der Waals surface area contributed by atoms with Gasteiger partial charge in [0.25, 0.3) is 0 Å². The van der Waals surface area contributed by atoms with Crippen LogP contribution in [0.5, 0.6) is 0 Å². The number of pyridine rings is 1. The lowest BCUT2D eigenvalue weighted by molar-refractivity contribution is 0.950. The van der Waals surface area contributed by atoms with Gasteiger partial charge in [0, 0.05) is 23.8 Å². The van der Waals surface area contributed by atoms with Gasteiger partial charge in [-0.1, -0.05) is 24.3 Å². The van der Waals surface area contributed by atoms with E-state index in [-0.39, 0.29) is 0 Å². The van der Waals surface area contributed by atoms with Gasteiger partial charge in [0.1, 0.15) is 5.69 Å². The van der Waals surface area contributed by atoms with Crippen molar-refractivity contribution in [3.05, 3.63) is 54.0 Å². The molecule has 94 valence electrons. The Hall–Kier alpha value is -2.33. The van der Waals surface area contributed by atoms with Crippen molar-refractivity contribution in [3.8, 4) is 11.5 Å². The molecule has 0 spiro atoms. The van der Waals surface area contributed by atoms with Gasteiger partial charge < -0.3 is 5.73 Å². The lowest BCUT2D eigenvalue weighted by atomic mass is 10.1. The average molecular weight is 250 g/mol. The first-order valence-electron chi connectivity index (χ1n) is 6.16. The number of aryl methyl sites for hydroxylation is 1. The van der Waals surface area contributed by atoms with Crippen molar-refractivity contribution in [1.29, 1.82) is 0 Å². The first-order chi connectivity index (χ1) is 9.28. The number of hydrogen-bond donors (Lipinski definition) is 1. The van der Waals surface area contributed by atoms with Crippen molar-refractivity contribution in [1.82, 2.24) is 15.0 Å². The van der Waals surface area contributed by atoms with Crippen molar-refractivity contribution in [2.45, 2.75) is 13.5 Å². The molecule has 0 saturated heterocycles. The van der Waals surface area contributed by atoms with E-state index in [1.807, 2.05) is 37.3 Å². The second-order valence-corrected chi connectivity index (χ2v) is 4.41. The fourth-order valence-electron chi connectivity index (χ4n) is 2.14. The maximum absolute atomic E-state index is 5.67. The first-order valence-corrected chi connectivity index (χ1v) is 6.16. The smallest absolute Gasteiger partial charge is 0.179 e. The molecule has 0 aliphatic rings. The zero-order valence-electron chi connectivity index (χ0n) is 10.7. The molecule has 19 heavy (non-hydrogen) atoms. The fraction of sp³-hybridized carbons (Fsp3) is 0.133. The van der Waals surface area contributed by atoms with E-state index in [0.717, 1.165) is 27.9 Å². The summed E-state index contributed by atoms with van der Waals surface area (Å²) >= 11 is 0. The zero-order chi connectivity index (χ0) is 13.2. The molecule has 2 N–H and O–H groups in total. The Morgan fingerprint density at radius 1 is 1.11 bits per heavy atom. The highest BCUT2D eigenvalue weighted by molar-refractivity contribution is 5.92. The van der Waals surface area contributed by atoms with Gasteiger partial charge >= 0.3 is 0 Å². The molecule has 0 amide bonds. The first kappa shape index (κ1) is 11.7. The molecular weight excluding hydrogens is 236 g/mol. The van der Waals surface area contributed by atoms with Gasteiger partial charge in [-0.3, -0.25) is 4.98 Å². The molecule has 1 aromatic carbocycles. The Labute approximate surface area is 111 Å². The molecular formula is C15H14N4. The summed E-state index contributed by atoms with van der Waals surface area (Å²) in [4.78, 5) is 13.4. The van der Waals surface area contributed by atoms with Crippen LogP contribution in [0.1, 0.15) is 11.4 Å². The molecule has 2 heterocycles. The van der Waals surface area contributed by atoms with Crippen LogP contribution in [0.4, 0.5) is 0 Å². The van der Waals surface area contributed by atoms with Crippen molar-refractivity contribution < 1.29 is 0 Å². The minimum Gasteiger partial charge on any atom is -0.325 e. The Balaban J connectivity index is 2.27. The van der Waals surface area contributed by atoms with E-state index in [0.29, 0.717) is 12.4 Å². The van der Waals surface area contributed by atoms with E-state index in [9.17, 15) is 0 Å². The second kappa shape index (κ2) is 4.74. The molecule has 0 aliphatic heterocycles. The molecule has 0 fully saturated rings. The number of fused-ring (bicyclic) bond motifs is 1. The van der Waals surface area contributed by atoms with Crippen LogP contribution < -0.4 is 5.73 Å². The number of rotatable bonds is 2. The van der Waals surface area contributed by atoms with Gasteiger partial charge in [0.2, 0.25) is 0 Å². The van der Waals surface area contributed by atoms with Crippen LogP contribution in [0, 0.1) is 6.92 Å². The van der Waals surface area contributed by atoms with Crippen LogP contribution in [-0.2, 0) is 6.54 Å². The standard InChI is InChI=1S/C15H14N4/c1-10-8-12(9-16)19-15(18-10)14-13-5-3-2-4-11(13)6-7-17-14/h2-8H,9,16H2,1H3. The predicted molar refractivity (Wildman–Crippen MR) is 75.4 cm³/mol. The molecule has 0 radical (unpaired) electrons. The van der Waals surface area contributed by atoms with E-state index >= 15 is 0 Å². The summed E-state index contributed by atoms with van der Waals surface area (Å²) in [5.41, 5.74) is 8.20. The van der Waals surface area contributed by atoms with Gasteiger partial charge in [-0.25, -0.2) is 9.97 Å². The van der Waals surface area contributed by atoms with Gasteiger partial charge in [-0.2, -0.15) is 0 Å². The van der Waals surface area contributed by atoms with Crippen LogP contribution in [0.15, 0.2) is 42.6 Å². The van der Waals surface area contributed by atoms with E-state index in [4.69, 9.17) is 5.73 Å². The molecule has 4 heteroatoms. The topological polar surface area (TPSA) is 64.7 Å². The molecule has 4 nitrogen and oxygen atoms in total. The molecule has 0 unspecified atom stereocenters. The highest BCUT2D eigenvalue weighted by Gasteiger charge is 2.09. The van der Waals surface area contributed by atoms with Crippen molar-refractivity contribution in [2.24, 2.45) is 5.73 Å². The summed E-state index contributed by atoms with van der Waals surface area (Å²) in [7, 11) is 0. The normalized spacial score (nSPS) is 10.8. The number of hydrogen-bond acceptors (Lipinski definition) is 4. The van der Waals surface area contributed by atoms with E-state index < -0.39 is 0 Å². The van der Waals surface area contributed by atoms with Crippen LogP contribution in [-0.4, -0.2) is 15.0 Å². The number of nitrogens with two attached hydrogens (primary N) is 1. The molecule has 0 atom stereocenters. The summed E-state index contributed by atoms with van der Waals surface area (Å²) in [5.74, 6) is 0.636. The molecule has 3 rings (SSSR count). The summed E-state index contributed by atoms with van der Waals surface area (Å²) in [6.45, 7) is 2.34. The zero-order valence-corrected chi connectivity index (χ0v) is 10.7. The average Bonchev–Trinajstić information content (AvgIpc) is 2.46. The number of aromatic nitrogens is 3.